The molecule has 134 valence electrons. The van der Waals surface area contributed by atoms with E-state index < -0.39 is 15.9 Å². The van der Waals surface area contributed by atoms with Crippen LogP contribution in [0.4, 0.5) is 5.69 Å². The van der Waals surface area contributed by atoms with Gasteiger partial charge in [0.05, 0.1) is 14.2 Å². The zero-order valence-corrected chi connectivity index (χ0v) is 15.3. The largest absolute Gasteiger partial charge is 0.497 e. The maximum absolute atomic E-state index is 12.4. The number of sulfonamides is 1. The van der Waals surface area contributed by atoms with Gasteiger partial charge in [0, 0.05) is 25.3 Å². The number of nitrogens with one attached hydrogen (secondary N) is 1. The van der Waals surface area contributed by atoms with Crippen LogP contribution in [0, 0.1) is 0 Å². The molecule has 0 radical (unpaired) electrons. The molecule has 0 spiro atoms. The van der Waals surface area contributed by atoms with E-state index in [4.69, 9.17) is 9.47 Å². The van der Waals surface area contributed by atoms with E-state index in [-0.39, 0.29) is 16.2 Å². The lowest BCUT2D eigenvalue weighted by Crippen LogP contribution is -2.23. The third-order valence-corrected chi connectivity index (χ3v) is 5.37. The molecule has 8 heteroatoms. The molecule has 0 saturated carbocycles. The first-order valence-corrected chi connectivity index (χ1v) is 8.79. The van der Waals surface area contributed by atoms with Crippen molar-refractivity contribution in [3.63, 3.8) is 0 Å². The normalized spacial score (nSPS) is 11.2. The summed E-state index contributed by atoms with van der Waals surface area (Å²) >= 11 is 0. The van der Waals surface area contributed by atoms with Crippen molar-refractivity contribution >= 4 is 21.6 Å². The van der Waals surface area contributed by atoms with Crippen LogP contribution in [0.2, 0.25) is 0 Å². The highest BCUT2D eigenvalue weighted by atomic mass is 32.2. The first-order chi connectivity index (χ1) is 11.8. The van der Waals surface area contributed by atoms with Gasteiger partial charge in [0.25, 0.3) is 5.91 Å². The molecular formula is C17H20N2O5S. The maximum atomic E-state index is 12.4. The molecule has 0 aliphatic rings. The minimum absolute atomic E-state index is 0.0672. The first-order valence-electron chi connectivity index (χ1n) is 7.35. The third kappa shape index (κ3) is 4.09. The molecule has 0 aliphatic heterocycles. The number of amides is 1. The zero-order chi connectivity index (χ0) is 18.6. The Morgan fingerprint density at radius 1 is 1.00 bits per heavy atom. The summed E-state index contributed by atoms with van der Waals surface area (Å²) < 4.78 is 36.1. The number of hydrogen-bond acceptors (Lipinski definition) is 5. The predicted octanol–water partition coefficient (Wildman–Crippen LogP) is 2.21. The highest BCUT2D eigenvalue weighted by molar-refractivity contribution is 7.89. The van der Waals surface area contributed by atoms with Gasteiger partial charge in [-0.15, -0.1) is 0 Å². The van der Waals surface area contributed by atoms with Gasteiger partial charge in [0.1, 0.15) is 16.4 Å². The highest BCUT2D eigenvalue weighted by Crippen LogP contribution is 2.27. The van der Waals surface area contributed by atoms with Gasteiger partial charge in [-0.3, -0.25) is 4.79 Å². The number of benzene rings is 2. The average molecular weight is 364 g/mol. The Morgan fingerprint density at radius 3 is 2.16 bits per heavy atom. The van der Waals surface area contributed by atoms with Gasteiger partial charge in [0.2, 0.25) is 10.0 Å². The summed E-state index contributed by atoms with van der Waals surface area (Å²) in [6.45, 7) is 0. The Balaban J connectivity index is 2.34. The molecule has 0 aliphatic carbocycles. The molecule has 0 bridgehead atoms. The monoisotopic (exact) mass is 364 g/mol. The zero-order valence-electron chi connectivity index (χ0n) is 14.4. The summed E-state index contributed by atoms with van der Waals surface area (Å²) in [5.74, 6) is 0.416. The standard InChI is InChI=1S/C17H20N2O5S/c1-19(2)25(21,22)16-11-12(5-10-15(16)24-4)17(20)18-13-6-8-14(23-3)9-7-13/h5-11H,1-4H3,(H,18,20). The predicted molar refractivity (Wildman–Crippen MR) is 94.8 cm³/mol. The Bertz CT molecular complexity index is 861. The molecule has 0 fully saturated rings. The van der Waals surface area contributed by atoms with Gasteiger partial charge in [-0.2, -0.15) is 0 Å². The fourth-order valence-corrected chi connectivity index (χ4v) is 3.17. The van der Waals surface area contributed by atoms with E-state index >= 15 is 0 Å². The second kappa shape index (κ2) is 7.54. The van der Waals surface area contributed by atoms with Gasteiger partial charge in [-0.05, 0) is 42.5 Å². The number of hydrogen-bond donors (Lipinski definition) is 1. The smallest absolute Gasteiger partial charge is 0.255 e. The van der Waals surface area contributed by atoms with Crippen LogP contribution in [0.25, 0.3) is 0 Å². The Morgan fingerprint density at radius 2 is 1.64 bits per heavy atom. The fraction of sp³-hybridized carbons (Fsp3) is 0.235. The van der Waals surface area contributed by atoms with Crippen LogP contribution >= 0.6 is 0 Å². The summed E-state index contributed by atoms with van der Waals surface area (Å²) in [5, 5.41) is 2.71. The number of carbonyl (C=O) groups excluding carboxylic acids is 1. The van der Waals surface area contributed by atoms with Crippen LogP contribution in [0.15, 0.2) is 47.4 Å². The molecule has 0 heterocycles. The van der Waals surface area contributed by atoms with Crippen LogP contribution in [-0.2, 0) is 10.0 Å². The molecule has 1 N–H and O–H groups in total. The molecule has 0 saturated heterocycles. The van der Waals surface area contributed by atoms with Crippen LogP contribution in [-0.4, -0.2) is 46.9 Å². The first kappa shape index (κ1) is 18.8. The number of rotatable bonds is 6. The second-order valence-electron chi connectivity index (χ2n) is 5.34. The van der Waals surface area contributed by atoms with Gasteiger partial charge in [-0.25, -0.2) is 12.7 Å². The lowest BCUT2D eigenvalue weighted by atomic mass is 10.2. The van der Waals surface area contributed by atoms with E-state index in [0.29, 0.717) is 11.4 Å². The van der Waals surface area contributed by atoms with Crippen molar-refractivity contribution in [3.8, 4) is 11.5 Å². The third-order valence-electron chi connectivity index (χ3n) is 3.53. The van der Waals surface area contributed by atoms with Crippen molar-refractivity contribution in [2.24, 2.45) is 0 Å². The minimum atomic E-state index is -3.75. The van der Waals surface area contributed by atoms with Crippen molar-refractivity contribution in [1.82, 2.24) is 4.31 Å². The van der Waals surface area contributed by atoms with Gasteiger partial charge < -0.3 is 14.8 Å². The lowest BCUT2D eigenvalue weighted by molar-refractivity contribution is 0.102. The molecule has 7 nitrogen and oxygen atoms in total. The van der Waals surface area contributed by atoms with E-state index in [9.17, 15) is 13.2 Å². The van der Waals surface area contributed by atoms with Crippen molar-refractivity contribution in [1.29, 1.82) is 0 Å². The van der Waals surface area contributed by atoms with E-state index in [1.54, 1.807) is 31.4 Å². The molecule has 2 aromatic carbocycles. The SMILES string of the molecule is COc1ccc(NC(=O)c2ccc(OC)c(S(=O)(=O)N(C)C)c2)cc1. The van der Waals surface area contributed by atoms with Crippen molar-refractivity contribution < 1.29 is 22.7 Å². The van der Waals surface area contributed by atoms with E-state index in [1.165, 1.54) is 39.4 Å². The molecule has 0 aromatic heterocycles. The molecule has 2 rings (SSSR count). The number of anilines is 1. The van der Waals surface area contributed by atoms with Gasteiger partial charge in [-0.1, -0.05) is 0 Å². The summed E-state index contributed by atoms with van der Waals surface area (Å²) in [4.78, 5) is 12.4. The van der Waals surface area contributed by atoms with Crippen LogP contribution < -0.4 is 14.8 Å². The Kier molecular flexibility index (Phi) is 5.66. The fourth-order valence-electron chi connectivity index (χ4n) is 2.09. The molecule has 1 amide bonds. The lowest BCUT2D eigenvalue weighted by Gasteiger charge is -2.15. The van der Waals surface area contributed by atoms with Gasteiger partial charge >= 0.3 is 0 Å². The molecule has 0 unspecified atom stereocenters. The number of nitrogens with zero attached hydrogens (tertiary/aromatic N) is 1. The molecule has 25 heavy (non-hydrogen) atoms. The van der Waals surface area contributed by atoms with Crippen LogP contribution in [0.3, 0.4) is 0 Å². The minimum Gasteiger partial charge on any atom is -0.497 e. The van der Waals surface area contributed by atoms with Crippen molar-refractivity contribution in [2.75, 3.05) is 33.6 Å². The number of methoxy groups -OCH3 is 2. The molecular weight excluding hydrogens is 344 g/mol. The summed E-state index contributed by atoms with van der Waals surface area (Å²) in [6.07, 6.45) is 0. The Labute approximate surface area is 147 Å². The topological polar surface area (TPSA) is 84.9 Å². The highest BCUT2D eigenvalue weighted by Gasteiger charge is 2.23. The summed E-state index contributed by atoms with van der Waals surface area (Å²) in [5.41, 5.74) is 0.774. The van der Waals surface area contributed by atoms with Crippen molar-refractivity contribution in [3.05, 3.63) is 48.0 Å². The molecule has 0 atom stereocenters. The average Bonchev–Trinajstić information content (AvgIpc) is 2.61. The summed E-state index contributed by atoms with van der Waals surface area (Å²) in [6, 6.07) is 11.1. The second-order valence-corrected chi connectivity index (χ2v) is 7.46. The van der Waals surface area contributed by atoms with Crippen LogP contribution in [0.1, 0.15) is 10.4 Å². The van der Waals surface area contributed by atoms with Crippen molar-refractivity contribution in [2.45, 2.75) is 4.90 Å². The van der Waals surface area contributed by atoms with Crippen LogP contribution in [0.5, 0.6) is 11.5 Å². The quantitative estimate of drug-likeness (QED) is 0.849. The number of ether oxygens (including phenoxy) is 2. The number of carbonyl (C=O) groups is 1. The Hall–Kier alpha value is -2.58. The van der Waals surface area contributed by atoms with Gasteiger partial charge in [0.15, 0.2) is 0 Å². The summed E-state index contributed by atoms with van der Waals surface area (Å²) in [7, 11) is 2.01. The maximum Gasteiger partial charge on any atom is 0.255 e. The van der Waals surface area contributed by atoms with E-state index in [0.717, 1.165) is 4.31 Å². The molecule has 2 aromatic rings. The van der Waals surface area contributed by atoms with E-state index in [1.807, 2.05) is 0 Å². The van der Waals surface area contributed by atoms with E-state index in [2.05, 4.69) is 5.32 Å².